The highest BCUT2D eigenvalue weighted by atomic mass is 16.5. The van der Waals surface area contributed by atoms with Gasteiger partial charge >= 0.3 is 0 Å². The van der Waals surface area contributed by atoms with Gasteiger partial charge in [-0.25, -0.2) is 0 Å². The fraction of sp³-hybridized carbons (Fsp3) is 0.571. The van der Waals surface area contributed by atoms with Crippen LogP contribution in [0.3, 0.4) is 0 Å². The van der Waals surface area contributed by atoms with E-state index in [-0.39, 0.29) is 5.60 Å². The molecule has 0 amide bonds. The van der Waals surface area contributed by atoms with Gasteiger partial charge in [0.2, 0.25) is 0 Å². The van der Waals surface area contributed by atoms with Gasteiger partial charge in [-0.2, -0.15) is 0 Å². The Morgan fingerprint density at radius 2 is 2.38 bits per heavy atom. The summed E-state index contributed by atoms with van der Waals surface area (Å²) in [5.74, 6) is 0.992. The van der Waals surface area contributed by atoms with Crippen molar-refractivity contribution in [2.45, 2.75) is 44.8 Å². The van der Waals surface area contributed by atoms with Gasteiger partial charge in [-0.05, 0) is 56.4 Å². The van der Waals surface area contributed by atoms with E-state index in [2.05, 4.69) is 25.1 Å². The summed E-state index contributed by atoms with van der Waals surface area (Å²) in [7, 11) is 0. The molecule has 0 saturated carbocycles. The van der Waals surface area contributed by atoms with Crippen molar-refractivity contribution in [1.82, 2.24) is 0 Å². The van der Waals surface area contributed by atoms with Crippen LogP contribution in [0.5, 0.6) is 5.75 Å². The van der Waals surface area contributed by atoms with Crippen LogP contribution in [0.25, 0.3) is 0 Å². The molecule has 2 nitrogen and oxygen atoms in total. The minimum atomic E-state index is -0.0387. The molecule has 1 fully saturated rings. The predicted octanol–water partition coefficient (Wildman–Crippen LogP) is 3.04. The average molecular weight is 218 g/mol. The second-order valence-corrected chi connectivity index (χ2v) is 4.97. The lowest BCUT2D eigenvalue weighted by Crippen LogP contribution is -2.29. The first-order valence-corrected chi connectivity index (χ1v) is 6.15. The normalized spacial score (nSPS) is 31.2. The van der Waals surface area contributed by atoms with Crippen molar-refractivity contribution in [2.75, 3.05) is 6.61 Å². The van der Waals surface area contributed by atoms with Crippen molar-refractivity contribution in [3.05, 3.63) is 29.3 Å². The smallest absolute Gasteiger partial charge is 0.119 e. The summed E-state index contributed by atoms with van der Waals surface area (Å²) < 4.78 is 11.6. The second kappa shape index (κ2) is 3.49. The van der Waals surface area contributed by atoms with Gasteiger partial charge in [-0.3, -0.25) is 0 Å². The first kappa shape index (κ1) is 10.2. The molecule has 2 heterocycles. The van der Waals surface area contributed by atoms with Crippen molar-refractivity contribution >= 4 is 0 Å². The SMILES string of the molecule is CCOc1ccc2c(c1)C[C@@H]1CC[C@@]2(C)O1. The summed E-state index contributed by atoms with van der Waals surface area (Å²) >= 11 is 0. The molecule has 3 rings (SSSR count). The zero-order valence-electron chi connectivity index (χ0n) is 9.95. The third-order valence-electron chi connectivity index (χ3n) is 3.78. The quantitative estimate of drug-likeness (QED) is 0.759. The van der Waals surface area contributed by atoms with Crippen molar-refractivity contribution in [3.63, 3.8) is 0 Å². The largest absolute Gasteiger partial charge is 0.494 e. The van der Waals surface area contributed by atoms with Gasteiger partial charge in [0.05, 0.1) is 18.3 Å². The molecule has 0 aliphatic carbocycles. The molecule has 16 heavy (non-hydrogen) atoms. The molecule has 2 heteroatoms. The Labute approximate surface area is 96.6 Å². The highest BCUT2D eigenvalue weighted by Gasteiger charge is 2.42. The van der Waals surface area contributed by atoms with Crippen LogP contribution in [0, 0.1) is 0 Å². The maximum Gasteiger partial charge on any atom is 0.119 e. The number of ether oxygens (including phenoxy) is 2. The van der Waals surface area contributed by atoms with Crippen LogP contribution < -0.4 is 4.74 Å². The second-order valence-electron chi connectivity index (χ2n) is 4.97. The van der Waals surface area contributed by atoms with Crippen LogP contribution >= 0.6 is 0 Å². The molecule has 2 bridgehead atoms. The Morgan fingerprint density at radius 3 is 3.19 bits per heavy atom. The lowest BCUT2D eigenvalue weighted by Gasteiger charge is -2.32. The molecule has 0 aromatic heterocycles. The van der Waals surface area contributed by atoms with E-state index in [4.69, 9.17) is 9.47 Å². The van der Waals surface area contributed by atoms with Gasteiger partial charge in [0, 0.05) is 0 Å². The van der Waals surface area contributed by atoms with Gasteiger partial charge < -0.3 is 9.47 Å². The summed E-state index contributed by atoms with van der Waals surface area (Å²) in [6, 6.07) is 6.44. The summed E-state index contributed by atoms with van der Waals surface area (Å²) in [6.07, 6.45) is 3.81. The van der Waals surface area contributed by atoms with Gasteiger partial charge in [0.25, 0.3) is 0 Å². The fourth-order valence-corrected chi connectivity index (χ4v) is 3.02. The number of hydrogen-bond acceptors (Lipinski definition) is 2. The Kier molecular flexibility index (Phi) is 2.21. The minimum Gasteiger partial charge on any atom is -0.494 e. The van der Waals surface area contributed by atoms with Crippen LogP contribution in [-0.2, 0) is 16.8 Å². The number of benzene rings is 1. The molecule has 2 aliphatic rings. The van der Waals surface area contributed by atoms with Crippen LogP contribution in [0.2, 0.25) is 0 Å². The third-order valence-corrected chi connectivity index (χ3v) is 3.78. The highest BCUT2D eigenvalue weighted by molar-refractivity contribution is 5.41. The van der Waals surface area contributed by atoms with E-state index in [0.717, 1.165) is 25.2 Å². The average Bonchev–Trinajstić information content (AvgIpc) is 2.56. The number of fused-ring (bicyclic) bond motifs is 4. The first-order valence-electron chi connectivity index (χ1n) is 6.15. The standard InChI is InChI=1S/C14H18O2/c1-3-15-11-4-5-13-10(8-11)9-12-6-7-14(13,2)16-12/h4-5,8,12H,3,6-7,9H2,1-2H3/t12-,14+/m0/s1. The molecule has 0 unspecified atom stereocenters. The summed E-state index contributed by atoms with van der Waals surface area (Å²) in [5.41, 5.74) is 2.75. The number of hydrogen-bond donors (Lipinski definition) is 0. The Morgan fingerprint density at radius 1 is 1.50 bits per heavy atom. The van der Waals surface area contributed by atoms with E-state index < -0.39 is 0 Å². The zero-order valence-corrected chi connectivity index (χ0v) is 9.95. The summed E-state index contributed by atoms with van der Waals surface area (Å²) in [6.45, 7) is 4.97. The van der Waals surface area contributed by atoms with Gasteiger partial charge in [-0.1, -0.05) is 6.07 Å². The fourth-order valence-electron chi connectivity index (χ4n) is 3.02. The third kappa shape index (κ3) is 1.44. The molecule has 0 spiro atoms. The van der Waals surface area contributed by atoms with E-state index in [9.17, 15) is 0 Å². The van der Waals surface area contributed by atoms with E-state index in [1.807, 2.05) is 6.92 Å². The molecule has 1 aromatic rings. The summed E-state index contributed by atoms with van der Waals surface area (Å²) in [4.78, 5) is 0. The van der Waals surface area contributed by atoms with E-state index >= 15 is 0 Å². The van der Waals surface area contributed by atoms with E-state index in [1.54, 1.807) is 0 Å². The molecule has 0 N–H and O–H groups in total. The van der Waals surface area contributed by atoms with Crippen LogP contribution in [0.15, 0.2) is 18.2 Å². The lowest BCUT2D eigenvalue weighted by molar-refractivity contribution is -0.0438. The molecule has 1 saturated heterocycles. The van der Waals surface area contributed by atoms with E-state index in [0.29, 0.717) is 6.10 Å². The molecule has 2 atom stereocenters. The van der Waals surface area contributed by atoms with Crippen LogP contribution in [0.4, 0.5) is 0 Å². The topological polar surface area (TPSA) is 18.5 Å². The van der Waals surface area contributed by atoms with Crippen LogP contribution in [-0.4, -0.2) is 12.7 Å². The zero-order chi connectivity index (χ0) is 11.2. The molecule has 1 aromatic carbocycles. The molecular formula is C14H18O2. The molecular weight excluding hydrogens is 200 g/mol. The van der Waals surface area contributed by atoms with Gasteiger partial charge in [0.15, 0.2) is 0 Å². The van der Waals surface area contributed by atoms with Crippen molar-refractivity contribution < 1.29 is 9.47 Å². The Hall–Kier alpha value is -1.02. The molecule has 2 aliphatic heterocycles. The minimum absolute atomic E-state index is 0.0387. The predicted molar refractivity (Wildman–Crippen MR) is 62.8 cm³/mol. The maximum atomic E-state index is 6.07. The Balaban J connectivity index is 2.02. The van der Waals surface area contributed by atoms with E-state index in [1.165, 1.54) is 17.5 Å². The lowest BCUT2D eigenvalue weighted by atomic mass is 9.89. The molecule has 86 valence electrons. The monoisotopic (exact) mass is 218 g/mol. The number of rotatable bonds is 2. The Bertz CT molecular complexity index is 413. The van der Waals surface area contributed by atoms with Crippen molar-refractivity contribution in [1.29, 1.82) is 0 Å². The van der Waals surface area contributed by atoms with Crippen molar-refractivity contribution in [3.8, 4) is 5.75 Å². The molecule has 0 radical (unpaired) electrons. The first-order chi connectivity index (χ1) is 7.71. The van der Waals surface area contributed by atoms with Crippen molar-refractivity contribution in [2.24, 2.45) is 0 Å². The highest BCUT2D eigenvalue weighted by Crippen LogP contribution is 2.46. The maximum absolute atomic E-state index is 6.07. The van der Waals surface area contributed by atoms with Crippen LogP contribution in [0.1, 0.15) is 37.8 Å². The van der Waals surface area contributed by atoms with Gasteiger partial charge in [0.1, 0.15) is 5.75 Å². The van der Waals surface area contributed by atoms with Gasteiger partial charge in [-0.15, -0.1) is 0 Å². The summed E-state index contributed by atoms with van der Waals surface area (Å²) in [5, 5.41) is 0.